The average molecular weight is 538 g/mol. The van der Waals surface area contributed by atoms with Gasteiger partial charge >= 0.3 is 0 Å². The van der Waals surface area contributed by atoms with Crippen molar-refractivity contribution < 1.29 is 14.6 Å². The van der Waals surface area contributed by atoms with Crippen LogP contribution in [0.15, 0.2) is 0 Å². The van der Waals surface area contributed by atoms with Gasteiger partial charge in [0, 0.05) is 0 Å². The van der Waals surface area contributed by atoms with E-state index in [2.05, 4.69) is 18.7 Å². The number of hydrogen-bond acceptors (Lipinski definition) is 4. The van der Waals surface area contributed by atoms with Crippen molar-refractivity contribution in [2.45, 2.75) is 199 Å². The van der Waals surface area contributed by atoms with Crippen molar-refractivity contribution in [3.63, 3.8) is 0 Å². The predicted molar refractivity (Wildman–Crippen MR) is 163 cm³/mol. The summed E-state index contributed by atoms with van der Waals surface area (Å²) in [5.41, 5.74) is -0.288. The Kier molecular flexibility index (Phi) is 20.2. The third-order valence-electron chi connectivity index (χ3n) is 9.16. The van der Waals surface area contributed by atoms with E-state index in [4.69, 9.17) is 9.47 Å². The molecule has 2 heterocycles. The van der Waals surface area contributed by atoms with E-state index in [9.17, 15) is 5.11 Å². The quantitative estimate of drug-likeness (QED) is 0.106. The lowest BCUT2D eigenvalue weighted by Gasteiger charge is -2.32. The van der Waals surface area contributed by atoms with Crippen LogP contribution in [-0.4, -0.2) is 47.8 Å². The molecule has 2 unspecified atom stereocenters. The smallest absolute Gasteiger partial charge is 0.113 e. The molecule has 226 valence electrons. The van der Waals surface area contributed by atoms with Gasteiger partial charge in [-0.2, -0.15) is 0 Å². The Morgan fingerprint density at radius 2 is 0.789 bits per heavy atom. The number of ether oxygens (including phenoxy) is 2. The number of hydrogen-bond donors (Lipinski definition) is 1. The fourth-order valence-corrected chi connectivity index (χ4v) is 6.59. The first-order valence-corrected chi connectivity index (χ1v) is 17.4. The Balaban J connectivity index is 1.50. The van der Waals surface area contributed by atoms with Crippen LogP contribution < -0.4 is 0 Å². The minimum absolute atomic E-state index is 0.134. The van der Waals surface area contributed by atoms with E-state index >= 15 is 0 Å². The Morgan fingerprint density at radius 1 is 0.500 bits per heavy atom. The maximum absolute atomic E-state index is 10.2. The highest BCUT2D eigenvalue weighted by atomic mass is 16.6. The molecule has 0 bridgehead atoms. The molecule has 2 aliphatic rings. The molecule has 2 aliphatic heterocycles. The van der Waals surface area contributed by atoms with Gasteiger partial charge in [-0.25, -0.2) is 4.90 Å². The maximum atomic E-state index is 10.2. The zero-order valence-electron chi connectivity index (χ0n) is 25.9. The SMILES string of the molecule is CCCCCCCCCCCCCCC1OCC2(CO)COC(CCCCCCCCCCCCCC)N12. The predicted octanol–water partition coefficient (Wildman–Crippen LogP) is 9.91. The van der Waals surface area contributed by atoms with Crippen LogP contribution in [0.1, 0.15) is 181 Å². The van der Waals surface area contributed by atoms with Crippen molar-refractivity contribution >= 4 is 0 Å². The van der Waals surface area contributed by atoms with Crippen LogP contribution in [0.2, 0.25) is 0 Å². The Morgan fingerprint density at radius 3 is 1.08 bits per heavy atom. The van der Waals surface area contributed by atoms with Gasteiger partial charge in [0.05, 0.1) is 25.4 Å². The third kappa shape index (κ3) is 13.5. The molecule has 4 heteroatoms. The van der Waals surface area contributed by atoms with Crippen molar-refractivity contribution in [2.24, 2.45) is 0 Å². The molecule has 2 rings (SSSR count). The van der Waals surface area contributed by atoms with Gasteiger partial charge < -0.3 is 14.6 Å². The summed E-state index contributed by atoms with van der Waals surface area (Å²) in [4.78, 5) is 2.43. The molecular formula is C34H67NO3. The van der Waals surface area contributed by atoms with E-state index in [1.165, 1.54) is 154 Å². The van der Waals surface area contributed by atoms with Gasteiger partial charge in [0.15, 0.2) is 0 Å². The van der Waals surface area contributed by atoms with E-state index in [-0.39, 0.29) is 24.6 Å². The molecule has 0 aromatic carbocycles. The summed E-state index contributed by atoms with van der Waals surface area (Å²) in [6.45, 7) is 5.98. The molecule has 2 saturated heterocycles. The molecule has 0 aromatic heterocycles. The lowest BCUT2D eigenvalue weighted by Crippen LogP contribution is -2.51. The van der Waals surface area contributed by atoms with E-state index in [1.807, 2.05) is 0 Å². The topological polar surface area (TPSA) is 41.9 Å². The molecule has 38 heavy (non-hydrogen) atoms. The summed E-state index contributed by atoms with van der Waals surface area (Å²) in [6.07, 6.45) is 35.6. The van der Waals surface area contributed by atoms with Crippen molar-refractivity contribution in [1.82, 2.24) is 4.90 Å². The Hall–Kier alpha value is -0.160. The molecule has 4 nitrogen and oxygen atoms in total. The van der Waals surface area contributed by atoms with Crippen molar-refractivity contribution in [3.8, 4) is 0 Å². The second-order valence-electron chi connectivity index (χ2n) is 12.7. The van der Waals surface area contributed by atoms with Crippen LogP contribution in [0.25, 0.3) is 0 Å². The highest BCUT2D eigenvalue weighted by Gasteiger charge is 2.55. The molecule has 0 aromatic rings. The molecule has 0 amide bonds. The van der Waals surface area contributed by atoms with Gasteiger partial charge in [-0.05, 0) is 25.7 Å². The van der Waals surface area contributed by atoms with E-state index < -0.39 is 0 Å². The van der Waals surface area contributed by atoms with Gasteiger partial charge in [-0.1, -0.05) is 155 Å². The summed E-state index contributed by atoms with van der Waals surface area (Å²) >= 11 is 0. The van der Waals surface area contributed by atoms with Gasteiger partial charge in [-0.15, -0.1) is 0 Å². The summed E-state index contributed by atoms with van der Waals surface area (Å²) in [5.74, 6) is 0. The number of fused-ring (bicyclic) bond motifs is 1. The fraction of sp³-hybridized carbons (Fsp3) is 1.00. The zero-order valence-corrected chi connectivity index (χ0v) is 25.9. The minimum atomic E-state index is -0.288. The molecular weight excluding hydrogens is 470 g/mol. The van der Waals surface area contributed by atoms with Gasteiger partial charge in [0.2, 0.25) is 0 Å². The molecule has 2 atom stereocenters. The van der Waals surface area contributed by atoms with Crippen LogP contribution in [0.4, 0.5) is 0 Å². The highest BCUT2D eigenvalue weighted by molar-refractivity contribution is 5.01. The first kappa shape index (κ1) is 34.0. The first-order valence-electron chi connectivity index (χ1n) is 17.4. The molecule has 0 spiro atoms. The van der Waals surface area contributed by atoms with Gasteiger partial charge in [-0.3, -0.25) is 0 Å². The second kappa shape index (κ2) is 22.5. The summed E-state index contributed by atoms with van der Waals surface area (Å²) in [7, 11) is 0. The van der Waals surface area contributed by atoms with Crippen molar-refractivity contribution in [3.05, 3.63) is 0 Å². The molecule has 0 aliphatic carbocycles. The first-order chi connectivity index (χ1) is 18.8. The lowest BCUT2D eigenvalue weighted by atomic mass is 10.0. The monoisotopic (exact) mass is 538 g/mol. The van der Waals surface area contributed by atoms with Crippen molar-refractivity contribution in [1.29, 1.82) is 0 Å². The Labute approximate surface area is 238 Å². The molecule has 1 N–H and O–H groups in total. The normalized spacial score (nSPS) is 23.4. The average Bonchev–Trinajstić information content (AvgIpc) is 3.48. The summed E-state index contributed by atoms with van der Waals surface area (Å²) in [6, 6.07) is 0. The van der Waals surface area contributed by atoms with Crippen LogP contribution >= 0.6 is 0 Å². The summed E-state index contributed by atoms with van der Waals surface area (Å²) in [5, 5.41) is 10.2. The molecule has 2 fully saturated rings. The highest BCUT2D eigenvalue weighted by Crippen LogP contribution is 2.39. The molecule has 0 saturated carbocycles. The zero-order chi connectivity index (χ0) is 27.2. The molecule has 0 radical (unpaired) electrons. The van der Waals surface area contributed by atoms with Gasteiger partial charge in [0.1, 0.15) is 12.5 Å². The van der Waals surface area contributed by atoms with Crippen molar-refractivity contribution in [2.75, 3.05) is 19.8 Å². The second-order valence-corrected chi connectivity index (χ2v) is 12.7. The third-order valence-corrected chi connectivity index (χ3v) is 9.16. The number of unbranched alkanes of at least 4 members (excludes halogenated alkanes) is 22. The number of nitrogens with zero attached hydrogens (tertiary/aromatic N) is 1. The minimum Gasteiger partial charge on any atom is -0.394 e. The van der Waals surface area contributed by atoms with Crippen LogP contribution in [0.5, 0.6) is 0 Å². The number of rotatable bonds is 27. The summed E-state index contributed by atoms with van der Waals surface area (Å²) < 4.78 is 12.5. The number of aliphatic hydroxyl groups excluding tert-OH is 1. The van der Waals surface area contributed by atoms with Crippen LogP contribution in [0.3, 0.4) is 0 Å². The van der Waals surface area contributed by atoms with E-state index in [1.54, 1.807) is 0 Å². The maximum Gasteiger partial charge on any atom is 0.113 e. The fourth-order valence-electron chi connectivity index (χ4n) is 6.59. The Bertz CT molecular complexity index is 488. The van der Waals surface area contributed by atoms with Crippen LogP contribution in [-0.2, 0) is 9.47 Å². The van der Waals surface area contributed by atoms with Crippen LogP contribution in [0, 0.1) is 0 Å². The number of aliphatic hydroxyl groups is 1. The lowest BCUT2D eigenvalue weighted by molar-refractivity contribution is -0.0666. The van der Waals surface area contributed by atoms with E-state index in [0.717, 1.165) is 12.8 Å². The largest absolute Gasteiger partial charge is 0.394 e. The van der Waals surface area contributed by atoms with Gasteiger partial charge in [0.25, 0.3) is 0 Å². The van der Waals surface area contributed by atoms with E-state index in [0.29, 0.717) is 13.2 Å². The standard InChI is InChI=1S/C34H67NO3/c1-3-5-7-9-11-13-15-17-19-21-23-25-27-32-35-33(38-31-34(35,29-36)30-37-32)28-26-24-22-20-18-16-14-12-10-8-6-4-2/h32-33,36H,3-31H2,1-2H3.